The van der Waals surface area contributed by atoms with E-state index in [1.807, 2.05) is 6.92 Å². The van der Waals surface area contributed by atoms with Gasteiger partial charge in [0, 0.05) is 12.1 Å². The van der Waals surface area contributed by atoms with Crippen LogP contribution in [0.4, 0.5) is 0 Å². The first-order chi connectivity index (χ1) is 9.47. The molecule has 1 aliphatic carbocycles. The van der Waals surface area contributed by atoms with Gasteiger partial charge in [0.05, 0.1) is 12.0 Å². The van der Waals surface area contributed by atoms with Gasteiger partial charge in [0.25, 0.3) is 0 Å². The lowest BCUT2D eigenvalue weighted by Gasteiger charge is -2.30. The van der Waals surface area contributed by atoms with Crippen LogP contribution in [0.5, 0.6) is 0 Å². The number of aliphatic carboxylic acids is 1. The second-order valence-electron chi connectivity index (χ2n) is 5.81. The zero-order valence-corrected chi connectivity index (χ0v) is 12.8. The van der Waals surface area contributed by atoms with E-state index >= 15 is 0 Å². The second-order valence-corrected chi connectivity index (χ2v) is 5.81. The zero-order chi connectivity index (χ0) is 15.1. The molecule has 3 atom stereocenters. The summed E-state index contributed by atoms with van der Waals surface area (Å²) >= 11 is 0. The van der Waals surface area contributed by atoms with E-state index in [-0.39, 0.29) is 30.0 Å². The summed E-state index contributed by atoms with van der Waals surface area (Å²) in [5.41, 5.74) is 0. The molecule has 1 aliphatic rings. The lowest BCUT2D eigenvalue weighted by molar-refractivity contribution is -0.143. The van der Waals surface area contributed by atoms with Crippen molar-refractivity contribution in [3.8, 4) is 0 Å². The third-order valence-electron chi connectivity index (χ3n) is 4.23. The minimum Gasteiger partial charge on any atom is -0.481 e. The van der Waals surface area contributed by atoms with Gasteiger partial charge in [-0.15, -0.1) is 0 Å². The maximum atomic E-state index is 12.1. The predicted octanol–water partition coefficient (Wildman–Crippen LogP) is 1.91. The van der Waals surface area contributed by atoms with Gasteiger partial charge in [0.1, 0.15) is 0 Å². The molecule has 5 nitrogen and oxygen atoms in total. The minimum absolute atomic E-state index is 0.0103. The monoisotopic (exact) mass is 284 g/mol. The van der Waals surface area contributed by atoms with Gasteiger partial charge in [0.2, 0.25) is 5.91 Å². The van der Waals surface area contributed by atoms with Crippen molar-refractivity contribution in [1.29, 1.82) is 0 Å². The lowest BCUT2D eigenvalue weighted by Crippen LogP contribution is -2.50. The molecule has 0 aromatic rings. The standard InChI is InChI=1S/C15H28N2O3/c1-4-12(5-2)17-14(18)10(3)16-13-8-6-7-11(9-13)15(19)20/h10-13,16H,4-9H2,1-3H3,(H,17,18)(H,19,20). The van der Waals surface area contributed by atoms with E-state index in [0.717, 1.165) is 32.1 Å². The van der Waals surface area contributed by atoms with E-state index in [1.54, 1.807) is 0 Å². The molecule has 1 saturated carbocycles. The molecule has 20 heavy (non-hydrogen) atoms. The van der Waals surface area contributed by atoms with Crippen LogP contribution in [0.25, 0.3) is 0 Å². The molecule has 3 N–H and O–H groups in total. The molecule has 0 radical (unpaired) electrons. The average molecular weight is 284 g/mol. The third-order valence-corrected chi connectivity index (χ3v) is 4.23. The highest BCUT2D eigenvalue weighted by Gasteiger charge is 2.28. The van der Waals surface area contributed by atoms with Crippen LogP contribution in [-0.4, -0.2) is 35.1 Å². The molecule has 1 rings (SSSR count). The van der Waals surface area contributed by atoms with Gasteiger partial charge in [-0.2, -0.15) is 0 Å². The summed E-state index contributed by atoms with van der Waals surface area (Å²) in [4.78, 5) is 23.1. The van der Waals surface area contributed by atoms with Crippen molar-refractivity contribution in [3.63, 3.8) is 0 Å². The molecule has 5 heteroatoms. The second kappa shape index (κ2) is 8.25. The number of rotatable bonds is 7. The Morgan fingerprint density at radius 1 is 1.25 bits per heavy atom. The number of carboxylic acids is 1. The van der Waals surface area contributed by atoms with Crippen LogP contribution in [0.2, 0.25) is 0 Å². The Morgan fingerprint density at radius 3 is 2.45 bits per heavy atom. The van der Waals surface area contributed by atoms with Crippen molar-refractivity contribution in [1.82, 2.24) is 10.6 Å². The molecular weight excluding hydrogens is 256 g/mol. The quantitative estimate of drug-likeness (QED) is 0.667. The number of nitrogens with one attached hydrogen (secondary N) is 2. The highest BCUT2D eigenvalue weighted by molar-refractivity contribution is 5.81. The Bertz CT molecular complexity index is 329. The highest BCUT2D eigenvalue weighted by atomic mass is 16.4. The van der Waals surface area contributed by atoms with E-state index in [4.69, 9.17) is 5.11 Å². The molecule has 3 unspecified atom stereocenters. The van der Waals surface area contributed by atoms with E-state index in [9.17, 15) is 9.59 Å². The molecule has 0 heterocycles. The van der Waals surface area contributed by atoms with Gasteiger partial charge in [-0.25, -0.2) is 0 Å². The Hall–Kier alpha value is -1.10. The SMILES string of the molecule is CCC(CC)NC(=O)C(C)NC1CCCC(C(=O)O)C1. The number of hydrogen-bond acceptors (Lipinski definition) is 3. The Morgan fingerprint density at radius 2 is 1.90 bits per heavy atom. The van der Waals surface area contributed by atoms with Gasteiger partial charge in [-0.1, -0.05) is 20.3 Å². The fourth-order valence-electron chi connectivity index (χ4n) is 2.81. The zero-order valence-electron chi connectivity index (χ0n) is 12.8. The topological polar surface area (TPSA) is 78.4 Å². The molecule has 0 bridgehead atoms. The Balaban J connectivity index is 2.42. The predicted molar refractivity (Wildman–Crippen MR) is 78.5 cm³/mol. The van der Waals surface area contributed by atoms with Crippen molar-refractivity contribution >= 4 is 11.9 Å². The smallest absolute Gasteiger partial charge is 0.306 e. The first-order valence-electron chi connectivity index (χ1n) is 7.77. The highest BCUT2D eigenvalue weighted by Crippen LogP contribution is 2.24. The molecular formula is C15H28N2O3. The van der Waals surface area contributed by atoms with Crippen LogP contribution in [0.1, 0.15) is 59.3 Å². The number of carboxylic acid groups (broad SMARTS) is 1. The first kappa shape index (κ1) is 17.0. The van der Waals surface area contributed by atoms with Crippen LogP contribution in [0.3, 0.4) is 0 Å². The van der Waals surface area contributed by atoms with Gasteiger partial charge >= 0.3 is 5.97 Å². The van der Waals surface area contributed by atoms with E-state index in [1.165, 1.54) is 0 Å². The molecule has 1 amide bonds. The summed E-state index contributed by atoms with van der Waals surface area (Å²) in [5, 5.41) is 15.4. The Kier molecular flexibility index (Phi) is 6.99. The van der Waals surface area contributed by atoms with Crippen molar-refractivity contribution in [3.05, 3.63) is 0 Å². The molecule has 0 aromatic heterocycles. The molecule has 0 saturated heterocycles. The maximum absolute atomic E-state index is 12.1. The van der Waals surface area contributed by atoms with Crippen molar-refractivity contribution < 1.29 is 14.7 Å². The lowest BCUT2D eigenvalue weighted by atomic mass is 9.85. The maximum Gasteiger partial charge on any atom is 0.306 e. The largest absolute Gasteiger partial charge is 0.481 e. The first-order valence-corrected chi connectivity index (χ1v) is 7.77. The number of carbonyl (C=O) groups is 2. The van der Waals surface area contributed by atoms with Gasteiger partial charge < -0.3 is 15.7 Å². The van der Waals surface area contributed by atoms with Crippen molar-refractivity contribution in [2.75, 3.05) is 0 Å². The molecule has 0 aliphatic heterocycles. The number of carbonyl (C=O) groups excluding carboxylic acids is 1. The summed E-state index contributed by atoms with van der Waals surface area (Å²) in [7, 11) is 0. The summed E-state index contributed by atoms with van der Waals surface area (Å²) in [6, 6.07) is 0.0883. The molecule has 0 aromatic carbocycles. The Labute approximate surface area is 121 Å². The van der Waals surface area contributed by atoms with E-state index < -0.39 is 5.97 Å². The minimum atomic E-state index is -0.717. The van der Waals surface area contributed by atoms with Gasteiger partial charge in [0.15, 0.2) is 0 Å². The summed E-state index contributed by atoms with van der Waals surface area (Å²) in [6.07, 6.45) is 5.10. The molecule has 116 valence electrons. The summed E-state index contributed by atoms with van der Waals surface area (Å²) in [6.45, 7) is 5.97. The fourth-order valence-corrected chi connectivity index (χ4v) is 2.81. The van der Waals surface area contributed by atoms with Crippen LogP contribution in [-0.2, 0) is 9.59 Å². The number of hydrogen-bond donors (Lipinski definition) is 3. The fraction of sp³-hybridized carbons (Fsp3) is 0.867. The normalized spacial score (nSPS) is 24.4. The van der Waals surface area contributed by atoms with Crippen LogP contribution >= 0.6 is 0 Å². The molecule has 1 fully saturated rings. The third kappa shape index (κ3) is 5.12. The van der Waals surface area contributed by atoms with Crippen LogP contribution < -0.4 is 10.6 Å². The van der Waals surface area contributed by atoms with Gasteiger partial charge in [-0.3, -0.25) is 9.59 Å². The van der Waals surface area contributed by atoms with E-state index in [2.05, 4.69) is 24.5 Å². The molecule has 0 spiro atoms. The van der Waals surface area contributed by atoms with Crippen LogP contribution in [0, 0.1) is 5.92 Å². The van der Waals surface area contributed by atoms with Crippen molar-refractivity contribution in [2.24, 2.45) is 5.92 Å². The summed E-state index contributed by atoms with van der Waals surface area (Å²) < 4.78 is 0. The van der Waals surface area contributed by atoms with Crippen LogP contribution in [0.15, 0.2) is 0 Å². The van der Waals surface area contributed by atoms with Gasteiger partial charge in [-0.05, 0) is 39.0 Å². The average Bonchev–Trinajstić information content (AvgIpc) is 2.44. The summed E-state index contributed by atoms with van der Waals surface area (Å²) in [5.74, 6) is -0.975. The van der Waals surface area contributed by atoms with Crippen molar-refractivity contribution in [2.45, 2.75) is 77.4 Å². The van der Waals surface area contributed by atoms with E-state index in [0.29, 0.717) is 6.42 Å². The number of amides is 1.